The number of carbonyl (C=O) groups is 1. The Hall–Kier alpha value is -2.76. The highest BCUT2D eigenvalue weighted by Gasteiger charge is 2.22. The molecule has 0 unspecified atom stereocenters. The van der Waals surface area contributed by atoms with Crippen molar-refractivity contribution in [1.29, 1.82) is 0 Å². The van der Waals surface area contributed by atoms with Crippen LogP contribution in [0.5, 0.6) is 11.5 Å². The van der Waals surface area contributed by atoms with E-state index in [9.17, 15) is 4.79 Å². The lowest BCUT2D eigenvalue weighted by Crippen LogP contribution is -2.38. The van der Waals surface area contributed by atoms with E-state index < -0.39 is 0 Å². The van der Waals surface area contributed by atoms with Crippen LogP contribution in [0.25, 0.3) is 0 Å². The standard InChI is InChI=1S/C19H21N3O3/c1-13-6-8-22(9-7-13)19(23)16-4-2-15(11-20-16)21-14-3-5-17-18(10-14)25-12-24-17/h2-5,10-11,13,21H,6-9,12H2,1H3. The average molecular weight is 339 g/mol. The number of piperidine rings is 1. The lowest BCUT2D eigenvalue weighted by atomic mass is 9.99. The fourth-order valence-electron chi connectivity index (χ4n) is 3.11. The molecule has 1 fully saturated rings. The van der Waals surface area contributed by atoms with E-state index >= 15 is 0 Å². The Balaban J connectivity index is 1.42. The smallest absolute Gasteiger partial charge is 0.272 e. The normalized spacial score (nSPS) is 16.8. The van der Waals surface area contributed by atoms with Gasteiger partial charge in [0.2, 0.25) is 6.79 Å². The quantitative estimate of drug-likeness (QED) is 0.928. The van der Waals surface area contributed by atoms with E-state index in [-0.39, 0.29) is 12.7 Å². The maximum atomic E-state index is 12.5. The highest BCUT2D eigenvalue weighted by Crippen LogP contribution is 2.35. The van der Waals surface area contributed by atoms with Gasteiger partial charge in [0.05, 0.1) is 11.9 Å². The minimum absolute atomic E-state index is 0.0153. The van der Waals surface area contributed by atoms with E-state index in [0.717, 1.165) is 48.8 Å². The summed E-state index contributed by atoms with van der Waals surface area (Å²) in [6, 6.07) is 9.32. The van der Waals surface area contributed by atoms with E-state index in [1.807, 2.05) is 29.2 Å². The molecule has 0 saturated carbocycles. The monoisotopic (exact) mass is 339 g/mol. The summed E-state index contributed by atoms with van der Waals surface area (Å²) in [4.78, 5) is 18.7. The van der Waals surface area contributed by atoms with Gasteiger partial charge in [0, 0.05) is 24.8 Å². The molecule has 6 nitrogen and oxygen atoms in total. The highest BCUT2D eigenvalue weighted by molar-refractivity contribution is 5.92. The molecular weight excluding hydrogens is 318 g/mol. The first-order valence-corrected chi connectivity index (χ1v) is 8.61. The number of nitrogens with zero attached hydrogens (tertiary/aromatic N) is 2. The number of fused-ring (bicyclic) bond motifs is 1. The van der Waals surface area contributed by atoms with Crippen LogP contribution in [0.1, 0.15) is 30.3 Å². The predicted octanol–water partition coefficient (Wildman–Crippen LogP) is 3.43. The number of nitrogens with one attached hydrogen (secondary N) is 1. The first-order chi connectivity index (χ1) is 12.2. The van der Waals surface area contributed by atoms with Crippen molar-refractivity contribution in [3.8, 4) is 11.5 Å². The van der Waals surface area contributed by atoms with Crippen LogP contribution in [0.3, 0.4) is 0 Å². The van der Waals surface area contributed by atoms with Crippen molar-refractivity contribution >= 4 is 17.3 Å². The molecule has 1 aromatic heterocycles. The van der Waals surface area contributed by atoms with Crippen LogP contribution in [-0.4, -0.2) is 35.7 Å². The predicted molar refractivity (Wildman–Crippen MR) is 94.4 cm³/mol. The molecule has 1 N–H and O–H groups in total. The van der Waals surface area contributed by atoms with Crippen LogP contribution in [-0.2, 0) is 0 Å². The Kier molecular flexibility index (Phi) is 4.17. The van der Waals surface area contributed by atoms with Crippen LogP contribution in [0, 0.1) is 5.92 Å². The molecule has 0 atom stereocenters. The maximum Gasteiger partial charge on any atom is 0.272 e. The van der Waals surface area contributed by atoms with Crippen molar-refractivity contribution in [2.75, 3.05) is 25.2 Å². The van der Waals surface area contributed by atoms with E-state index in [4.69, 9.17) is 9.47 Å². The SMILES string of the molecule is CC1CCN(C(=O)c2ccc(Nc3ccc4c(c3)OCO4)cn2)CC1. The van der Waals surface area contributed by atoms with Crippen LogP contribution in [0.2, 0.25) is 0 Å². The van der Waals surface area contributed by atoms with E-state index in [2.05, 4.69) is 17.2 Å². The second-order valence-electron chi connectivity index (χ2n) is 6.60. The van der Waals surface area contributed by atoms with Gasteiger partial charge in [-0.2, -0.15) is 0 Å². The molecule has 2 aromatic rings. The molecule has 0 radical (unpaired) electrons. The van der Waals surface area contributed by atoms with Crippen molar-refractivity contribution in [1.82, 2.24) is 9.88 Å². The number of pyridine rings is 1. The second-order valence-corrected chi connectivity index (χ2v) is 6.60. The van der Waals surface area contributed by atoms with E-state index in [1.54, 1.807) is 12.3 Å². The van der Waals surface area contributed by atoms with Gasteiger partial charge in [-0.3, -0.25) is 4.79 Å². The molecule has 1 saturated heterocycles. The van der Waals surface area contributed by atoms with Crippen molar-refractivity contribution in [2.45, 2.75) is 19.8 Å². The summed E-state index contributed by atoms with van der Waals surface area (Å²) >= 11 is 0. The summed E-state index contributed by atoms with van der Waals surface area (Å²) in [5.41, 5.74) is 2.20. The Morgan fingerprint density at radius 3 is 2.64 bits per heavy atom. The van der Waals surface area contributed by atoms with Crippen LogP contribution in [0.4, 0.5) is 11.4 Å². The number of amides is 1. The fourth-order valence-corrected chi connectivity index (χ4v) is 3.11. The Labute approximate surface area is 146 Å². The third-order valence-corrected chi connectivity index (χ3v) is 4.71. The second kappa shape index (κ2) is 6.63. The fraction of sp³-hybridized carbons (Fsp3) is 0.368. The van der Waals surface area contributed by atoms with Gasteiger partial charge in [0.25, 0.3) is 5.91 Å². The Bertz CT molecular complexity index is 768. The Morgan fingerprint density at radius 2 is 1.88 bits per heavy atom. The number of ether oxygens (including phenoxy) is 2. The average Bonchev–Trinajstić information content (AvgIpc) is 3.10. The third kappa shape index (κ3) is 3.38. The van der Waals surface area contributed by atoms with Crippen LogP contribution >= 0.6 is 0 Å². The number of rotatable bonds is 3. The summed E-state index contributed by atoms with van der Waals surface area (Å²) in [6.45, 7) is 4.13. The largest absolute Gasteiger partial charge is 0.454 e. The van der Waals surface area contributed by atoms with Gasteiger partial charge < -0.3 is 19.7 Å². The first-order valence-electron chi connectivity index (χ1n) is 8.61. The lowest BCUT2D eigenvalue weighted by Gasteiger charge is -2.30. The minimum Gasteiger partial charge on any atom is -0.454 e. The Morgan fingerprint density at radius 1 is 1.12 bits per heavy atom. The van der Waals surface area contributed by atoms with Gasteiger partial charge in [-0.25, -0.2) is 4.98 Å². The molecule has 1 amide bonds. The molecule has 3 heterocycles. The molecule has 2 aliphatic heterocycles. The van der Waals surface area contributed by atoms with Gasteiger partial charge in [-0.15, -0.1) is 0 Å². The minimum atomic E-state index is 0.0153. The van der Waals surface area contributed by atoms with Gasteiger partial charge in [-0.1, -0.05) is 6.92 Å². The third-order valence-electron chi connectivity index (χ3n) is 4.71. The summed E-state index contributed by atoms with van der Waals surface area (Å²) in [6.07, 6.45) is 3.81. The summed E-state index contributed by atoms with van der Waals surface area (Å²) in [7, 11) is 0. The van der Waals surface area contributed by atoms with Gasteiger partial charge >= 0.3 is 0 Å². The zero-order valence-electron chi connectivity index (χ0n) is 14.2. The molecular formula is C19H21N3O3. The van der Waals surface area contributed by atoms with Crippen molar-refractivity contribution in [3.63, 3.8) is 0 Å². The first kappa shape index (κ1) is 15.7. The van der Waals surface area contributed by atoms with Crippen molar-refractivity contribution in [3.05, 3.63) is 42.2 Å². The summed E-state index contributed by atoms with van der Waals surface area (Å²) in [5, 5.41) is 3.26. The van der Waals surface area contributed by atoms with Crippen molar-refractivity contribution in [2.24, 2.45) is 5.92 Å². The van der Waals surface area contributed by atoms with Gasteiger partial charge in [0.1, 0.15) is 5.69 Å². The van der Waals surface area contributed by atoms with E-state index in [0.29, 0.717) is 11.6 Å². The zero-order chi connectivity index (χ0) is 17.2. The number of carbonyl (C=O) groups excluding carboxylic acids is 1. The highest BCUT2D eigenvalue weighted by atomic mass is 16.7. The maximum absolute atomic E-state index is 12.5. The number of benzene rings is 1. The zero-order valence-corrected chi connectivity index (χ0v) is 14.2. The number of anilines is 2. The molecule has 25 heavy (non-hydrogen) atoms. The molecule has 2 aliphatic rings. The van der Waals surface area contributed by atoms with Crippen molar-refractivity contribution < 1.29 is 14.3 Å². The lowest BCUT2D eigenvalue weighted by molar-refractivity contribution is 0.0691. The van der Waals surface area contributed by atoms with E-state index in [1.165, 1.54) is 0 Å². The molecule has 0 spiro atoms. The van der Waals surface area contributed by atoms with Gasteiger partial charge in [0.15, 0.2) is 11.5 Å². The molecule has 0 aliphatic carbocycles. The number of aromatic nitrogens is 1. The molecule has 130 valence electrons. The molecule has 6 heteroatoms. The molecule has 4 rings (SSSR count). The number of hydrogen-bond donors (Lipinski definition) is 1. The summed E-state index contributed by atoms with van der Waals surface area (Å²) < 4.78 is 10.7. The topological polar surface area (TPSA) is 63.7 Å². The molecule has 1 aromatic carbocycles. The van der Waals surface area contributed by atoms with Crippen LogP contribution in [0.15, 0.2) is 36.5 Å². The van der Waals surface area contributed by atoms with Gasteiger partial charge in [-0.05, 0) is 43.0 Å². The summed E-state index contributed by atoms with van der Waals surface area (Å²) in [5.74, 6) is 2.19. The molecule has 0 bridgehead atoms. The number of hydrogen-bond acceptors (Lipinski definition) is 5. The van der Waals surface area contributed by atoms with Crippen LogP contribution < -0.4 is 14.8 Å². The number of likely N-dealkylation sites (tertiary alicyclic amines) is 1.